The number of nitrogens with one attached hydrogen (secondary N) is 1. The molecule has 0 rings (SSSR count). The van der Waals surface area contributed by atoms with E-state index in [-0.39, 0.29) is 24.0 Å². The van der Waals surface area contributed by atoms with Gasteiger partial charge in [-0.1, -0.05) is 27.2 Å². The molecule has 20 heavy (non-hydrogen) atoms. The summed E-state index contributed by atoms with van der Waals surface area (Å²) in [6.45, 7) is 5.87. The van der Waals surface area contributed by atoms with Crippen molar-refractivity contribution < 1.29 is 24.2 Å². The molecule has 3 amide bonds. The molecule has 1 atom stereocenters. The van der Waals surface area contributed by atoms with E-state index < -0.39 is 24.1 Å². The number of carboxylic acid groups (broad SMARTS) is 1. The standard InChI is InChI=1S/C12H23N3O5/c1-4-5-6-20-11(17)14-9(7-8(2)3)10(16)15(13)12(18)19/h8-9H,4-7,13H2,1-3H3,(H,14,17)(H,18,19)/t9-/m1/s1. The highest BCUT2D eigenvalue weighted by Crippen LogP contribution is 2.07. The van der Waals surface area contributed by atoms with Crippen LogP contribution in [-0.4, -0.2) is 40.9 Å². The van der Waals surface area contributed by atoms with Gasteiger partial charge in [-0.15, -0.1) is 0 Å². The molecule has 0 aromatic carbocycles. The number of carbonyl (C=O) groups excluding carboxylic acids is 2. The molecular weight excluding hydrogens is 266 g/mol. The van der Waals surface area contributed by atoms with Crippen LogP contribution < -0.4 is 11.2 Å². The second-order valence-corrected chi connectivity index (χ2v) is 4.81. The minimum atomic E-state index is -1.58. The molecule has 0 fully saturated rings. The summed E-state index contributed by atoms with van der Waals surface area (Å²) in [7, 11) is 0. The Morgan fingerprint density at radius 3 is 2.40 bits per heavy atom. The summed E-state index contributed by atoms with van der Waals surface area (Å²) in [6, 6.07) is -1.02. The molecule has 8 heteroatoms. The molecule has 0 bridgehead atoms. The number of nitrogens with zero attached hydrogens (tertiary/aromatic N) is 1. The second kappa shape index (κ2) is 9.13. The summed E-state index contributed by atoms with van der Waals surface area (Å²) in [6.07, 6.45) is -0.477. The molecule has 0 aromatic heterocycles. The Morgan fingerprint density at radius 1 is 1.35 bits per heavy atom. The third-order valence-electron chi connectivity index (χ3n) is 2.47. The zero-order valence-corrected chi connectivity index (χ0v) is 12.1. The van der Waals surface area contributed by atoms with Gasteiger partial charge in [0.1, 0.15) is 6.04 Å². The van der Waals surface area contributed by atoms with Gasteiger partial charge in [-0.25, -0.2) is 15.4 Å². The van der Waals surface area contributed by atoms with E-state index in [4.69, 9.17) is 15.7 Å². The monoisotopic (exact) mass is 289 g/mol. The normalized spacial score (nSPS) is 11.8. The minimum Gasteiger partial charge on any atom is -0.464 e. The summed E-state index contributed by atoms with van der Waals surface area (Å²) in [5, 5.41) is 11.1. The number of rotatable bonds is 7. The Balaban J connectivity index is 4.59. The fourth-order valence-electron chi connectivity index (χ4n) is 1.45. The number of hydrazine groups is 1. The number of carbonyl (C=O) groups is 3. The minimum absolute atomic E-state index is 0.0688. The highest BCUT2D eigenvalue weighted by molar-refractivity contribution is 5.95. The first-order valence-corrected chi connectivity index (χ1v) is 6.54. The van der Waals surface area contributed by atoms with Crippen molar-refractivity contribution in [1.82, 2.24) is 10.3 Å². The largest absolute Gasteiger partial charge is 0.464 e. The Bertz CT molecular complexity index is 346. The average molecular weight is 289 g/mol. The molecular formula is C12H23N3O5. The molecule has 0 aliphatic rings. The van der Waals surface area contributed by atoms with Crippen LogP contribution in [0.1, 0.15) is 40.0 Å². The molecule has 0 aliphatic heterocycles. The predicted octanol–water partition coefficient (Wildman–Crippen LogP) is 1.31. The Labute approximate surface area is 118 Å². The molecule has 0 radical (unpaired) electrons. The van der Waals surface area contributed by atoms with Crippen LogP contribution in [0.5, 0.6) is 0 Å². The van der Waals surface area contributed by atoms with E-state index in [9.17, 15) is 14.4 Å². The van der Waals surface area contributed by atoms with Crippen molar-refractivity contribution in [3.05, 3.63) is 0 Å². The van der Waals surface area contributed by atoms with Gasteiger partial charge in [0.25, 0.3) is 5.91 Å². The molecule has 0 heterocycles. The number of imide groups is 1. The molecule has 116 valence electrons. The maximum atomic E-state index is 11.8. The second-order valence-electron chi connectivity index (χ2n) is 4.81. The van der Waals surface area contributed by atoms with Gasteiger partial charge in [0.2, 0.25) is 0 Å². The third-order valence-corrected chi connectivity index (χ3v) is 2.47. The van der Waals surface area contributed by atoms with Crippen LogP contribution in [0.2, 0.25) is 0 Å². The highest BCUT2D eigenvalue weighted by Gasteiger charge is 2.29. The predicted molar refractivity (Wildman–Crippen MR) is 71.7 cm³/mol. The quantitative estimate of drug-likeness (QED) is 0.281. The number of nitrogens with two attached hydrogens (primary N) is 1. The van der Waals surface area contributed by atoms with Crippen LogP contribution >= 0.6 is 0 Å². The van der Waals surface area contributed by atoms with E-state index in [0.717, 1.165) is 6.42 Å². The van der Waals surface area contributed by atoms with E-state index in [2.05, 4.69) is 5.32 Å². The average Bonchev–Trinajstić information content (AvgIpc) is 2.35. The van der Waals surface area contributed by atoms with Gasteiger partial charge in [0.15, 0.2) is 0 Å². The molecule has 0 saturated carbocycles. The lowest BCUT2D eigenvalue weighted by molar-refractivity contribution is -0.131. The summed E-state index contributed by atoms with van der Waals surface area (Å²) in [5.41, 5.74) is 0. The first-order valence-electron chi connectivity index (χ1n) is 6.54. The van der Waals surface area contributed by atoms with E-state index in [1.807, 2.05) is 20.8 Å². The molecule has 8 nitrogen and oxygen atoms in total. The third kappa shape index (κ3) is 6.93. The van der Waals surface area contributed by atoms with Crippen LogP contribution in [0.4, 0.5) is 9.59 Å². The van der Waals surface area contributed by atoms with Gasteiger partial charge >= 0.3 is 12.2 Å². The number of unbranched alkanes of at least 4 members (excludes halogenated alkanes) is 1. The molecule has 0 aromatic rings. The fraction of sp³-hybridized carbons (Fsp3) is 0.750. The molecule has 0 aliphatic carbocycles. The first-order chi connectivity index (χ1) is 9.29. The number of alkyl carbamates (subject to hydrolysis) is 1. The fourth-order valence-corrected chi connectivity index (χ4v) is 1.45. The maximum Gasteiger partial charge on any atom is 0.428 e. The number of hydrogen-bond acceptors (Lipinski definition) is 5. The number of hydrogen-bond donors (Lipinski definition) is 3. The summed E-state index contributed by atoms with van der Waals surface area (Å²) >= 11 is 0. The molecule has 0 saturated heterocycles. The maximum absolute atomic E-state index is 11.8. The van der Waals surface area contributed by atoms with Gasteiger partial charge in [-0.05, 0) is 18.8 Å². The van der Waals surface area contributed by atoms with Crippen molar-refractivity contribution in [2.75, 3.05) is 6.61 Å². The van der Waals surface area contributed by atoms with E-state index in [1.54, 1.807) is 0 Å². The lowest BCUT2D eigenvalue weighted by atomic mass is 10.0. The Hall–Kier alpha value is -1.83. The van der Waals surface area contributed by atoms with Crippen molar-refractivity contribution in [2.24, 2.45) is 11.8 Å². The zero-order valence-electron chi connectivity index (χ0n) is 12.1. The van der Waals surface area contributed by atoms with Crippen LogP contribution in [0.3, 0.4) is 0 Å². The summed E-state index contributed by atoms with van der Waals surface area (Å²) in [5.74, 6) is 4.31. The van der Waals surface area contributed by atoms with Crippen LogP contribution in [-0.2, 0) is 9.53 Å². The SMILES string of the molecule is CCCCOC(=O)N[C@H](CC(C)C)C(=O)N(N)C(=O)O. The summed E-state index contributed by atoms with van der Waals surface area (Å²) < 4.78 is 4.88. The van der Waals surface area contributed by atoms with Gasteiger partial charge < -0.3 is 15.2 Å². The van der Waals surface area contributed by atoms with Gasteiger partial charge in [0, 0.05) is 0 Å². The number of amides is 3. The lowest BCUT2D eigenvalue weighted by Gasteiger charge is -2.22. The molecule has 4 N–H and O–H groups in total. The lowest BCUT2D eigenvalue weighted by Crippen LogP contribution is -2.53. The highest BCUT2D eigenvalue weighted by atomic mass is 16.5. The van der Waals surface area contributed by atoms with Gasteiger partial charge in [-0.3, -0.25) is 4.79 Å². The summed E-state index contributed by atoms with van der Waals surface area (Å²) in [4.78, 5) is 34.0. The van der Waals surface area contributed by atoms with Crippen molar-refractivity contribution in [1.29, 1.82) is 0 Å². The zero-order chi connectivity index (χ0) is 15.7. The first kappa shape index (κ1) is 18.2. The van der Waals surface area contributed by atoms with E-state index in [1.165, 1.54) is 0 Å². The van der Waals surface area contributed by atoms with Gasteiger partial charge in [-0.2, -0.15) is 5.01 Å². The van der Waals surface area contributed by atoms with Crippen LogP contribution in [0.15, 0.2) is 0 Å². The van der Waals surface area contributed by atoms with E-state index >= 15 is 0 Å². The van der Waals surface area contributed by atoms with Crippen LogP contribution in [0.25, 0.3) is 0 Å². The Kier molecular flexibility index (Phi) is 8.30. The Morgan fingerprint density at radius 2 is 1.95 bits per heavy atom. The number of ether oxygens (including phenoxy) is 1. The van der Waals surface area contributed by atoms with E-state index in [0.29, 0.717) is 6.42 Å². The van der Waals surface area contributed by atoms with Crippen molar-refractivity contribution >= 4 is 18.1 Å². The van der Waals surface area contributed by atoms with Crippen LogP contribution in [0, 0.1) is 5.92 Å². The van der Waals surface area contributed by atoms with Crippen molar-refractivity contribution in [3.8, 4) is 0 Å². The molecule has 0 unspecified atom stereocenters. The van der Waals surface area contributed by atoms with Gasteiger partial charge in [0.05, 0.1) is 6.61 Å². The smallest absolute Gasteiger partial charge is 0.428 e. The van der Waals surface area contributed by atoms with Crippen molar-refractivity contribution in [3.63, 3.8) is 0 Å². The van der Waals surface area contributed by atoms with Crippen molar-refractivity contribution in [2.45, 2.75) is 46.1 Å². The molecule has 0 spiro atoms. The topological polar surface area (TPSA) is 122 Å².